The molecule has 1 saturated carbocycles. The van der Waals surface area contributed by atoms with Crippen LogP contribution in [-0.2, 0) is 9.59 Å². The molecule has 2 atom stereocenters. The van der Waals surface area contributed by atoms with E-state index in [1.165, 1.54) is 4.90 Å². The van der Waals surface area contributed by atoms with Crippen molar-refractivity contribution in [3.8, 4) is 0 Å². The Kier molecular flexibility index (Phi) is 4.78. The lowest BCUT2D eigenvalue weighted by molar-refractivity contribution is -0.146. The standard InChI is InChI=1S/C15H24N2O3/c1-3-7-10(2)12-13(18)16-15(20)17(14(12)19)11-8-5-4-6-9-11/h10-12H,3-9H2,1-2H3,(H,16,18,20). The van der Waals surface area contributed by atoms with Crippen molar-refractivity contribution in [1.29, 1.82) is 0 Å². The lowest BCUT2D eigenvalue weighted by atomic mass is 9.85. The van der Waals surface area contributed by atoms with E-state index in [0.29, 0.717) is 0 Å². The third-order valence-electron chi connectivity index (χ3n) is 4.49. The first-order valence-electron chi connectivity index (χ1n) is 7.74. The molecule has 0 aromatic rings. The highest BCUT2D eigenvalue weighted by molar-refractivity contribution is 6.16. The van der Waals surface area contributed by atoms with E-state index >= 15 is 0 Å². The van der Waals surface area contributed by atoms with Gasteiger partial charge in [-0.2, -0.15) is 0 Å². The van der Waals surface area contributed by atoms with Gasteiger partial charge in [0.1, 0.15) is 5.92 Å². The van der Waals surface area contributed by atoms with E-state index in [1.807, 2.05) is 13.8 Å². The number of imide groups is 2. The summed E-state index contributed by atoms with van der Waals surface area (Å²) in [6, 6.07) is -0.549. The molecule has 20 heavy (non-hydrogen) atoms. The molecular formula is C15H24N2O3. The van der Waals surface area contributed by atoms with Gasteiger partial charge in [0, 0.05) is 6.04 Å². The van der Waals surface area contributed by atoms with Crippen LogP contribution in [0.4, 0.5) is 4.79 Å². The monoisotopic (exact) mass is 280 g/mol. The molecule has 2 aliphatic rings. The summed E-state index contributed by atoms with van der Waals surface area (Å²) >= 11 is 0. The number of carbonyl (C=O) groups excluding carboxylic acids is 3. The number of hydrogen-bond donors (Lipinski definition) is 1. The van der Waals surface area contributed by atoms with E-state index in [1.54, 1.807) is 0 Å². The van der Waals surface area contributed by atoms with Crippen molar-refractivity contribution in [2.24, 2.45) is 11.8 Å². The van der Waals surface area contributed by atoms with Crippen molar-refractivity contribution >= 4 is 17.8 Å². The van der Waals surface area contributed by atoms with Gasteiger partial charge >= 0.3 is 6.03 Å². The Morgan fingerprint density at radius 2 is 1.85 bits per heavy atom. The predicted octanol–water partition coefficient (Wildman–Crippen LogP) is 2.45. The first-order valence-corrected chi connectivity index (χ1v) is 7.74. The van der Waals surface area contributed by atoms with Gasteiger partial charge in [0.2, 0.25) is 11.8 Å². The lowest BCUT2D eigenvalue weighted by Crippen LogP contribution is -2.62. The first kappa shape index (κ1) is 15.0. The average molecular weight is 280 g/mol. The van der Waals surface area contributed by atoms with Crippen LogP contribution in [0.3, 0.4) is 0 Å². The van der Waals surface area contributed by atoms with Crippen molar-refractivity contribution in [3.05, 3.63) is 0 Å². The number of carbonyl (C=O) groups is 3. The fourth-order valence-electron chi connectivity index (χ4n) is 3.41. The Labute approximate surface area is 120 Å². The highest BCUT2D eigenvalue weighted by atomic mass is 16.2. The normalized spacial score (nSPS) is 26.6. The summed E-state index contributed by atoms with van der Waals surface area (Å²) in [5, 5.41) is 2.37. The van der Waals surface area contributed by atoms with Crippen LogP contribution >= 0.6 is 0 Å². The second-order valence-electron chi connectivity index (χ2n) is 6.04. The van der Waals surface area contributed by atoms with Gasteiger partial charge in [-0.15, -0.1) is 0 Å². The number of nitrogens with zero attached hydrogens (tertiary/aromatic N) is 1. The summed E-state index contributed by atoms with van der Waals surface area (Å²) in [6.07, 6.45) is 6.72. The largest absolute Gasteiger partial charge is 0.331 e. The molecule has 112 valence electrons. The molecule has 0 aromatic carbocycles. The summed E-state index contributed by atoms with van der Waals surface area (Å²) in [4.78, 5) is 37.9. The molecule has 0 spiro atoms. The summed E-state index contributed by atoms with van der Waals surface area (Å²) in [6.45, 7) is 3.95. The molecule has 2 unspecified atom stereocenters. The quantitative estimate of drug-likeness (QED) is 0.804. The van der Waals surface area contributed by atoms with Crippen molar-refractivity contribution in [1.82, 2.24) is 10.2 Å². The van der Waals surface area contributed by atoms with Crippen LogP contribution in [0.5, 0.6) is 0 Å². The second kappa shape index (κ2) is 6.37. The fourth-order valence-corrected chi connectivity index (χ4v) is 3.41. The molecule has 0 bridgehead atoms. The molecule has 2 rings (SSSR count). The Hall–Kier alpha value is -1.39. The minimum atomic E-state index is -0.699. The van der Waals surface area contributed by atoms with Crippen LogP contribution in [0.25, 0.3) is 0 Å². The zero-order chi connectivity index (χ0) is 14.7. The van der Waals surface area contributed by atoms with Crippen LogP contribution in [0.15, 0.2) is 0 Å². The van der Waals surface area contributed by atoms with Crippen molar-refractivity contribution in [2.75, 3.05) is 0 Å². The first-order chi connectivity index (χ1) is 9.56. The van der Waals surface area contributed by atoms with Crippen molar-refractivity contribution < 1.29 is 14.4 Å². The maximum atomic E-state index is 12.6. The van der Waals surface area contributed by atoms with E-state index in [0.717, 1.165) is 44.9 Å². The van der Waals surface area contributed by atoms with Crippen molar-refractivity contribution in [3.63, 3.8) is 0 Å². The fraction of sp³-hybridized carbons (Fsp3) is 0.800. The molecule has 0 aromatic heterocycles. The molecule has 1 saturated heterocycles. The average Bonchev–Trinajstić information content (AvgIpc) is 2.39. The molecular weight excluding hydrogens is 256 g/mol. The molecule has 5 nitrogen and oxygen atoms in total. The van der Waals surface area contributed by atoms with E-state index < -0.39 is 17.9 Å². The van der Waals surface area contributed by atoms with Gasteiger partial charge in [-0.1, -0.05) is 39.5 Å². The second-order valence-corrected chi connectivity index (χ2v) is 6.04. The van der Waals surface area contributed by atoms with Crippen LogP contribution < -0.4 is 5.32 Å². The molecule has 4 amide bonds. The zero-order valence-corrected chi connectivity index (χ0v) is 12.4. The molecule has 5 heteroatoms. The highest BCUT2D eigenvalue weighted by Crippen LogP contribution is 2.29. The van der Waals surface area contributed by atoms with Crippen LogP contribution in [0, 0.1) is 11.8 Å². The van der Waals surface area contributed by atoms with Gasteiger partial charge in [0.25, 0.3) is 0 Å². The Balaban J connectivity index is 2.17. The maximum absolute atomic E-state index is 12.6. The van der Waals surface area contributed by atoms with E-state index in [-0.39, 0.29) is 17.9 Å². The van der Waals surface area contributed by atoms with Crippen LogP contribution in [-0.4, -0.2) is 28.8 Å². The molecule has 0 radical (unpaired) electrons. The molecule has 1 heterocycles. The topological polar surface area (TPSA) is 66.5 Å². The Morgan fingerprint density at radius 1 is 1.20 bits per heavy atom. The van der Waals surface area contributed by atoms with E-state index in [4.69, 9.17) is 0 Å². The van der Waals surface area contributed by atoms with Gasteiger partial charge in [-0.05, 0) is 25.2 Å². The minimum absolute atomic E-state index is 0.0216. The predicted molar refractivity (Wildman–Crippen MR) is 74.8 cm³/mol. The van der Waals surface area contributed by atoms with E-state index in [2.05, 4.69) is 5.32 Å². The number of barbiturate groups is 1. The third-order valence-corrected chi connectivity index (χ3v) is 4.49. The third kappa shape index (κ3) is 2.86. The SMILES string of the molecule is CCCC(C)C1C(=O)NC(=O)N(C2CCCCC2)C1=O. The molecule has 1 aliphatic heterocycles. The number of urea groups is 1. The van der Waals surface area contributed by atoms with Gasteiger partial charge in [0.15, 0.2) is 0 Å². The summed E-state index contributed by atoms with van der Waals surface area (Å²) in [5.74, 6) is -1.43. The Bertz CT molecular complexity index is 402. The van der Waals surface area contributed by atoms with Gasteiger partial charge < -0.3 is 0 Å². The minimum Gasteiger partial charge on any atom is -0.277 e. The number of nitrogens with one attached hydrogen (secondary N) is 1. The van der Waals surface area contributed by atoms with Crippen molar-refractivity contribution in [2.45, 2.75) is 64.8 Å². The number of hydrogen-bond acceptors (Lipinski definition) is 3. The molecule has 2 fully saturated rings. The molecule has 1 N–H and O–H groups in total. The van der Waals surface area contributed by atoms with Gasteiger partial charge in [0.05, 0.1) is 0 Å². The summed E-state index contributed by atoms with van der Waals surface area (Å²) in [7, 11) is 0. The number of amides is 4. The van der Waals surface area contributed by atoms with E-state index in [9.17, 15) is 14.4 Å². The highest BCUT2D eigenvalue weighted by Gasteiger charge is 2.45. The lowest BCUT2D eigenvalue weighted by Gasteiger charge is -2.39. The Morgan fingerprint density at radius 3 is 2.45 bits per heavy atom. The number of rotatable bonds is 4. The van der Waals surface area contributed by atoms with Crippen LogP contribution in [0.2, 0.25) is 0 Å². The summed E-state index contributed by atoms with van der Waals surface area (Å²) < 4.78 is 0. The van der Waals surface area contributed by atoms with Gasteiger partial charge in [-0.3, -0.25) is 19.8 Å². The van der Waals surface area contributed by atoms with Gasteiger partial charge in [-0.25, -0.2) is 4.79 Å². The maximum Gasteiger partial charge on any atom is 0.331 e. The molecule has 1 aliphatic carbocycles. The zero-order valence-electron chi connectivity index (χ0n) is 12.4. The summed E-state index contributed by atoms with van der Waals surface area (Å²) in [5.41, 5.74) is 0. The van der Waals surface area contributed by atoms with Crippen LogP contribution in [0.1, 0.15) is 58.8 Å². The smallest absolute Gasteiger partial charge is 0.277 e.